The van der Waals surface area contributed by atoms with Crippen LogP contribution < -0.4 is 0 Å². The molecule has 0 radical (unpaired) electrons. The summed E-state index contributed by atoms with van der Waals surface area (Å²) in [5, 5.41) is 21.5. The largest absolute Gasteiger partial charge is 0.479 e. The highest BCUT2D eigenvalue weighted by Gasteiger charge is 2.81. The Kier molecular flexibility index (Phi) is 5.33. The molecule has 0 aromatic heterocycles. The van der Waals surface area contributed by atoms with Crippen molar-refractivity contribution in [2.45, 2.75) is 96.2 Å². The Morgan fingerprint density at radius 1 is 1.15 bits per heavy atom. The zero-order valence-electron chi connectivity index (χ0n) is 20.0. The molecule has 5 rings (SSSR count). The highest BCUT2D eigenvalue weighted by Crippen LogP contribution is 2.72. The van der Waals surface area contributed by atoms with Crippen LogP contribution >= 0.6 is 0 Å². The summed E-state index contributed by atoms with van der Waals surface area (Å²) in [6, 6.07) is 0. The van der Waals surface area contributed by atoms with Gasteiger partial charge in [0.1, 0.15) is 12.3 Å². The lowest BCUT2D eigenvalue weighted by molar-refractivity contribution is -0.253. The Morgan fingerprint density at radius 2 is 1.79 bits per heavy atom. The van der Waals surface area contributed by atoms with E-state index in [2.05, 4.69) is 0 Å². The van der Waals surface area contributed by atoms with Gasteiger partial charge in [0.2, 0.25) is 0 Å². The van der Waals surface area contributed by atoms with Crippen LogP contribution in [-0.2, 0) is 19.1 Å². The van der Waals surface area contributed by atoms with Crippen LogP contribution in [0.3, 0.4) is 0 Å². The average molecular weight is 469 g/mol. The zero-order chi connectivity index (χ0) is 24.8. The molecule has 6 unspecified atom stereocenters. The number of aliphatic hydroxyl groups excluding tert-OH is 1. The number of hydrogen-bond donors (Lipinski definition) is 2. The predicted octanol–water partition coefficient (Wildman–Crippen LogP) is 3.92. The second-order valence-electron chi connectivity index (χ2n) is 10.7. The highest BCUT2D eigenvalue weighted by atomic mass is 19.1. The fourth-order valence-corrected chi connectivity index (χ4v) is 7.67. The SMILES string of the molecule is CC.CC1(C)O[C@@H]2CC3C4C[C@H](F)C5=CC(=O)C=CC5(C)[C@@]4(F)C(O)CC3(C)C2(C(=O)O)O1. The third-order valence-corrected chi connectivity index (χ3v) is 8.94. The zero-order valence-corrected chi connectivity index (χ0v) is 20.0. The van der Waals surface area contributed by atoms with Gasteiger partial charge in [0, 0.05) is 16.7 Å². The summed E-state index contributed by atoms with van der Waals surface area (Å²) in [6.07, 6.45) is -0.459. The number of fused-ring (bicyclic) bond motifs is 7. The molecule has 4 aliphatic carbocycles. The summed E-state index contributed by atoms with van der Waals surface area (Å²) in [5.41, 5.74) is -6.63. The van der Waals surface area contributed by atoms with Gasteiger partial charge in [-0.25, -0.2) is 13.6 Å². The summed E-state index contributed by atoms with van der Waals surface area (Å²) >= 11 is 0. The number of alkyl halides is 2. The standard InChI is InChI=1S/C23H28F2O6.C2H6/c1-19(2)30-17-9-12-13-8-15(24)14-7-11(26)5-6-20(14,3)22(13,25)16(27)10-21(12,4)23(17,31-19)18(28)29;1-2/h5-7,12-13,15-17,27H,8-10H2,1-4H3,(H,28,29);1-2H3/t12?,13?,15-,16?,17+,20?,21?,22-,23?;/m0./s1. The molecule has 2 N–H and O–H groups in total. The normalized spacial score (nSPS) is 51.4. The summed E-state index contributed by atoms with van der Waals surface area (Å²) in [5.74, 6) is -4.31. The van der Waals surface area contributed by atoms with Crippen molar-refractivity contribution in [3.05, 3.63) is 23.8 Å². The second kappa shape index (κ2) is 7.18. The van der Waals surface area contributed by atoms with Crippen molar-refractivity contribution in [3.63, 3.8) is 0 Å². The van der Waals surface area contributed by atoms with Crippen molar-refractivity contribution in [2.24, 2.45) is 22.7 Å². The Morgan fingerprint density at radius 3 is 2.39 bits per heavy atom. The van der Waals surface area contributed by atoms with Gasteiger partial charge in [0.15, 0.2) is 22.8 Å². The number of ketones is 1. The van der Waals surface area contributed by atoms with E-state index >= 15 is 8.78 Å². The summed E-state index contributed by atoms with van der Waals surface area (Å²) in [7, 11) is 0. The molecule has 1 aliphatic heterocycles. The summed E-state index contributed by atoms with van der Waals surface area (Å²) in [6.45, 7) is 10.5. The lowest BCUT2D eigenvalue weighted by Gasteiger charge is -2.62. The molecule has 184 valence electrons. The van der Waals surface area contributed by atoms with E-state index in [9.17, 15) is 19.8 Å². The van der Waals surface area contributed by atoms with Crippen LogP contribution in [0.2, 0.25) is 0 Å². The maximum Gasteiger partial charge on any atom is 0.339 e. The smallest absolute Gasteiger partial charge is 0.339 e. The molecular formula is C25H34F2O6. The molecule has 6 nitrogen and oxygen atoms in total. The van der Waals surface area contributed by atoms with Crippen LogP contribution in [0.1, 0.15) is 60.8 Å². The number of rotatable bonds is 1. The van der Waals surface area contributed by atoms with Gasteiger partial charge >= 0.3 is 5.97 Å². The van der Waals surface area contributed by atoms with Gasteiger partial charge in [0.25, 0.3) is 0 Å². The minimum Gasteiger partial charge on any atom is -0.479 e. The van der Waals surface area contributed by atoms with Crippen LogP contribution in [0.25, 0.3) is 0 Å². The fraction of sp³-hybridized carbons (Fsp3) is 0.760. The van der Waals surface area contributed by atoms with E-state index in [4.69, 9.17) is 9.47 Å². The Hall–Kier alpha value is -1.64. The first-order valence-electron chi connectivity index (χ1n) is 11.8. The molecule has 9 atom stereocenters. The molecule has 1 heterocycles. The number of ether oxygens (including phenoxy) is 2. The van der Waals surface area contributed by atoms with Gasteiger partial charge < -0.3 is 19.7 Å². The van der Waals surface area contributed by atoms with Crippen molar-refractivity contribution in [1.29, 1.82) is 0 Å². The number of aliphatic carboxylic acids is 1. The van der Waals surface area contributed by atoms with Gasteiger partial charge in [-0.05, 0) is 63.7 Å². The number of aliphatic hydroxyl groups is 1. The second-order valence-corrected chi connectivity index (χ2v) is 10.7. The van der Waals surface area contributed by atoms with Crippen molar-refractivity contribution in [2.75, 3.05) is 0 Å². The molecule has 0 aromatic carbocycles. The molecule has 0 amide bonds. The Balaban J connectivity index is 0.00000126. The quantitative estimate of drug-likeness (QED) is 0.606. The van der Waals surface area contributed by atoms with Crippen molar-refractivity contribution < 1.29 is 38.1 Å². The molecule has 33 heavy (non-hydrogen) atoms. The highest BCUT2D eigenvalue weighted by molar-refractivity contribution is 6.01. The van der Waals surface area contributed by atoms with Gasteiger partial charge in [-0.2, -0.15) is 0 Å². The topological polar surface area (TPSA) is 93.1 Å². The molecule has 3 saturated carbocycles. The number of hydrogen-bond acceptors (Lipinski definition) is 5. The number of carbonyl (C=O) groups excluding carboxylic acids is 1. The summed E-state index contributed by atoms with van der Waals surface area (Å²) in [4.78, 5) is 24.5. The number of halogens is 2. The molecule has 4 fully saturated rings. The van der Waals surface area contributed by atoms with Crippen LogP contribution in [0.5, 0.6) is 0 Å². The number of carboxylic acids is 1. The Labute approximate surface area is 193 Å². The third kappa shape index (κ3) is 2.74. The molecule has 0 aromatic rings. The van der Waals surface area contributed by atoms with Crippen LogP contribution in [-0.4, -0.2) is 57.4 Å². The van der Waals surface area contributed by atoms with Crippen molar-refractivity contribution in [3.8, 4) is 0 Å². The maximum absolute atomic E-state index is 17.0. The first kappa shape index (κ1) is 24.5. The van der Waals surface area contributed by atoms with Crippen molar-refractivity contribution in [1.82, 2.24) is 0 Å². The number of carboxylic acid groups (broad SMARTS) is 1. The molecule has 0 spiro atoms. The predicted molar refractivity (Wildman–Crippen MR) is 116 cm³/mol. The third-order valence-electron chi connectivity index (χ3n) is 8.94. The fourth-order valence-electron chi connectivity index (χ4n) is 7.67. The number of allylic oxidation sites excluding steroid dienone is 4. The molecule has 0 bridgehead atoms. The Bertz CT molecular complexity index is 945. The van der Waals surface area contributed by atoms with E-state index in [1.807, 2.05) is 13.8 Å². The average Bonchev–Trinajstić information content (AvgIpc) is 3.14. The van der Waals surface area contributed by atoms with Crippen LogP contribution in [0, 0.1) is 22.7 Å². The molecule has 1 saturated heterocycles. The van der Waals surface area contributed by atoms with E-state index in [0.29, 0.717) is 0 Å². The van der Waals surface area contributed by atoms with Gasteiger partial charge in [-0.15, -0.1) is 0 Å². The van der Waals surface area contributed by atoms with Crippen LogP contribution in [0.15, 0.2) is 23.8 Å². The minimum absolute atomic E-state index is 0.0428. The van der Waals surface area contributed by atoms with Gasteiger partial charge in [0.05, 0.1) is 6.10 Å². The maximum atomic E-state index is 17.0. The van der Waals surface area contributed by atoms with E-state index in [-0.39, 0.29) is 24.8 Å². The number of carbonyl (C=O) groups is 2. The monoisotopic (exact) mass is 468 g/mol. The first-order valence-corrected chi connectivity index (χ1v) is 11.8. The van der Waals surface area contributed by atoms with Crippen molar-refractivity contribution >= 4 is 11.8 Å². The van der Waals surface area contributed by atoms with E-state index in [0.717, 1.165) is 6.08 Å². The summed E-state index contributed by atoms with van der Waals surface area (Å²) < 4.78 is 44.4. The van der Waals surface area contributed by atoms with Gasteiger partial charge in [-0.1, -0.05) is 26.8 Å². The van der Waals surface area contributed by atoms with E-state index < -0.39 is 69.9 Å². The molecule has 8 heteroatoms. The van der Waals surface area contributed by atoms with E-state index in [1.165, 1.54) is 19.1 Å². The van der Waals surface area contributed by atoms with Gasteiger partial charge in [-0.3, -0.25) is 4.79 Å². The lowest BCUT2D eigenvalue weighted by Crippen LogP contribution is -2.70. The minimum atomic E-state index is -2.25. The first-order chi connectivity index (χ1) is 15.2. The molecular weight excluding hydrogens is 434 g/mol. The molecule has 5 aliphatic rings. The van der Waals surface area contributed by atoms with E-state index in [1.54, 1.807) is 20.8 Å². The van der Waals surface area contributed by atoms with Crippen LogP contribution in [0.4, 0.5) is 8.78 Å². The lowest BCUT2D eigenvalue weighted by atomic mass is 9.44.